The van der Waals surface area contributed by atoms with E-state index in [-0.39, 0.29) is 30.5 Å². The average Bonchev–Trinajstić information content (AvgIpc) is 2.98. The van der Waals surface area contributed by atoms with Crippen molar-refractivity contribution >= 4 is 23.4 Å². The fourth-order valence-electron chi connectivity index (χ4n) is 3.41. The normalized spacial score (nSPS) is 17.9. The van der Waals surface area contributed by atoms with Gasteiger partial charge in [0.1, 0.15) is 17.3 Å². The number of Topliss-reactive ketones (excluding diaryl/α,β-unsaturated/α-hetero) is 1. The van der Waals surface area contributed by atoms with Gasteiger partial charge in [0, 0.05) is 18.5 Å². The fourth-order valence-corrected chi connectivity index (χ4v) is 3.41. The van der Waals surface area contributed by atoms with Gasteiger partial charge in [-0.1, -0.05) is 12.1 Å². The first-order valence-electron chi connectivity index (χ1n) is 9.23. The van der Waals surface area contributed by atoms with E-state index in [1.54, 1.807) is 24.3 Å². The van der Waals surface area contributed by atoms with Gasteiger partial charge < -0.3 is 19.8 Å². The zero-order valence-corrected chi connectivity index (χ0v) is 16.2. The standard InChI is InChI=1S/C22H20FNO6/c1-30-16-10-6-13(7-11-16)19-18(20(27)14-4-8-15(23)9-5-14)21(28)22(29)24(19)12-2-3-17(25)26/h4-11,19,27H,2-3,12H2,1H3,(H,25,26)/b20-18+/t19-/m0/s1. The van der Waals surface area contributed by atoms with Gasteiger partial charge >= 0.3 is 5.97 Å². The molecule has 2 N–H and O–H groups in total. The van der Waals surface area contributed by atoms with Crippen LogP contribution in [-0.2, 0) is 14.4 Å². The number of aliphatic hydroxyl groups excluding tert-OH is 1. The molecule has 1 aliphatic heterocycles. The Morgan fingerprint density at radius 1 is 1.07 bits per heavy atom. The van der Waals surface area contributed by atoms with Crippen molar-refractivity contribution in [1.82, 2.24) is 4.90 Å². The summed E-state index contributed by atoms with van der Waals surface area (Å²) in [6.07, 6.45) is -0.0259. The summed E-state index contributed by atoms with van der Waals surface area (Å²) in [6.45, 7) is 0.0216. The van der Waals surface area contributed by atoms with Gasteiger partial charge in [0.25, 0.3) is 11.7 Å². The van der Waals surface area contributed by atoms with Crippen molar-refractivity contribution in [2.24, 2.45) is 0 Å². The molecular formula is C22H20FNO6. The first kappa shape index (κ1) is 21.0. The van der Waals surface area contributed by atoms with Crippen LogP contribution >= 0.6 is 0 Å². The van der Waals surface area contributed by atoms with Crippen LogP contribution in [0, 0.1) is 5.82 Å². The second kappa shape index (κ2) is 8.77. The molecule has 7 nitrogen and oxygen atoms in total. The Morgan fingerprint density at radius 3 is 2.27 bits per heavy atom. The van der Waals surface area contributed by atoms with Gasteiger partial charge in [-0.15, -0.1) is 0 Å². The van der Waals surface area contributed by atoms with E-state index >= 15 is 0 Å². The number of ketones is 1. The summed E-state index contributed by atoms with van der Waals surface area (Å²) in [6, 6.07) is 10.6. The van der Waals surface area contributed by atoms with Gasteiger partial charge in [-0.25, -0.2) is 4.39 Å². The van der Waals surface area contributed by atoms with E-state index in [1.807, 2.05) is 0 Å². The molecule has 156 valence electrons. The number of likely N-dealkylation sites (tertiary alicyclic amines) is 1. The van der Waals surface area contributed by atoms with Crippen LogP contribution in [0.4, 0.5) is 4.39 Å². The number of halogens is 1. The number of amides is 1. The Balaban J connectivity index is 2.08. The van der Waals surface area contributed by atoms with Crippen molar-refractivity contribution in [3.05, 3.63) is 71.0 Å². The summed E-state index contributed by atoms with van der Waals surface area (Å²) in [4.78, 5) is 37.6. The molecule has 0 saturated carbocycles. The predicted octanol–water partition coefficient (Wildman–Crippen LogP) is 3.12. The van der Waals surface area contributed by atoms with Crippen LogP contribution < -0.4 is 4.74 Å². The molecule has 1 fully saturated rings. The minimum Gasteiger partial charge on any atom is -0.507 e. The third-order valence-corrected chi connectivity index (χ3v) is 4.88. The molecule has 1 atom stereocenters. The highest BCUT2D eigenvalue weighted by Gasteiger charge is 2.45. The van der Waals surface area contributed by atoms with Crippen LogP contribution in [0.25, 0.3) is 5.76 Å². The number of benzene rings is 2. The van der Waals surface area contributed by atoms with Crippen molar-refractivity contribution in [3.8, 4) is 5.75 Å². The number of carboxylic acids is 1. The van der Waals surface area contributed by atoms with Crippen LogP contribution in [0.1, 0.15) is 30.0 Å². The number of hydrogen-bond donors (Lipinski definition) is 2. The number of hydrogen-bond acceptors (Lipinski definition) is 5. The van der Waals surface area contributed by atoms with Crippen molar-refractivity contribution in [1.29, 1.82) is 0 Å². The predicted molar refractivity (Wildman–Crippen MR) is 105 cm³/mol. The molecule has 1 heterocycles. The summed E-state index contributed by atoms with van der Waals surface area (Å²) in [5, 5.41) is 19.7. The Kier molecular flexibility index (Phi) is 6.15. The number of carbonyl (C=O) groups excluding carboxylic acids is 2. The summed E-state index contributed by atoms with van der Waals surface area (Å²) >= 11 is 0. The number of nitrogens with zero attached hydrogens (tertiary/aromatic N) is 1. The highest BCUT2D eigenvalue weighted by Crippen LogP contribution is 2.39. The Bertz CT molecular complexity index is 997. The summed E-state index contributed by atoms with van der Waals surface area (Å²) in [5.74, 6) is -3.08. The van der Waals surface area contributed by atoms with Crippen molar-refractivity contribution in [2.45, 2.75) is 18.9 Å². The second-order valence-electron chi connectivity index (χ2n) is 6.77. The molecule has 1 amide bonds. The number of carbonyl (C=O) groups is 3. The number of aliphatic hydroxyl groups is 1. The van der Waals surface area contributed by atoms with Crippen LogP contribution in [0.2, 0.25) is 0 Å². The molecule has 0 bridgehead atoms. The number of carboxylic acid groups (broad SMARTS) is 1. The van der Waals surface area contributed by atoms with Crippen molar-refractivity contribution in [2.75, 3.05) is 13.7 Å². The summed E-state index contributed by atoms with van der Waals surface area (Å²) < 4.78 is 18.4. The lowest BCUT2D eigenvalue weighted by Crippen LogP contribution is -2.31. The summed E-state index contributed by atoms with van der Waals surface area (Å²) in [5.41, 5.74) is 0.611. The molecule has 8 heteroatoms. The molecule has 1 aliphatic rings. The van der Waals surface area contributed by atoms with Gasteiger partial charge in [0.05, 0.1) is 18.7 Å². The van der Waals surface area contributed by atoms with E-state index < -0.39 is 35.3 Å². The third-order valence-electron chi connectivity index (χ3n) is 4.88. The van der Waals surface area contributed by atoms with Crippen LogP contribution in [-0.4, -0.2) is 46.4 Å². The quantitative estimate of drug-likeness (QED) is 0.411. The van der Waals surface area contributed by atoms with Gasteiger partial charge in [-0.3, -0.25) is 14.4 Å². The molecule has 30 heavy (non-hydrogen) atoms. The molecule has 0 unspecified atom stereocenters. The van der Waals surface area contributed by atoms with E-state index in [1.165, 1.54) is 24.1 Å². The lowest BCUT2D eigenvalue weighted by Gasteiger charge is -2.25. The summed E-state index contributed by atoms with van der Waals surface area (Å²) in [7, 11) is 1.50. The fraction of sp³-hybridized carbons (Fsp3) is 0.227. The van der Waals surface area contributed by atoms with Crippen LogP contribution in [0.5, 0.6) is 5.75 Å². The smallest absolute Gasteiger partial charge is 0.303 e. The van der Waals surface area contributed by atoms with Gasteiger partial charge in [0.2, 0.25) is 0 Å². The number of ether oxygens (including phenoxy) is 1. The Hall–Kier alpha value is -3.68. The highest BCUT2D eigenvalue weighted by molar-refractivity contribution is 6.46. The molecule has 0 radical (unpaired) electrons. The minimum absolute atomic E-state index is 0.0216. The molecular weight excluding hydrogens is 393 g/mol. The molecule has 0 aliphatic carbocycles. The van der Waals surface area contributed by atoms with E-state index in [9.17, 15) is 23.9 Å². The second-order valence-corrected chi connectivity index (χ2v) is 6.77. The Morgan fingerprint density at radius 2 is 1.70 bits per heavy atom. The topological polar surface area (TPSA) is 104 Å². The lowest BCUT2D eigenvalue weighted by molar-refractivity contribution is -0.140. The third kappa shape index (κ3) is 4.17. The number of aliphatic carboxylic acids is 1. The average molecular weight is 413 g/mol. The largest absolute Gasteiger partial charge is 0.507 e. The SMILES string of the molecule is COc1ccc([C@H]2/C(=C(\O)c3ccc(F)cc3)C(=O)C(=O)N2CCCC(=O)O)cc1. The van der Waals surface area contributed by atoms with Crippen LogP contribution in [0.3, 0.4) is 0 Å². The first-order chi connectivity index (χ1) is 14.3. The van der Waals surface area contributed by atoms with Gasteiger partial charge in [-0.05, 0) is 48.4 Å². The van der Waals surface area contributed by atoms with Gasteiger partial charge in [-0.2, -0.15) is 0 Å². The van der Waals surface area contributed by atoms with E-state index in [4.69, 9.17) is 9.84 Å². The van der Waals surface area contributed by atoms with E-state index in [0.717, 1.165) is 12.1 Å². The molecule has 3 rings (SSSR count). The zero-order chi connectivity index (χ0) is 21.8. The maximum absolute atomic E-state index is 13.3. The molecule has 1 saturated heterocycles. The lowest BCUT2D eigenvalue weighted by atomic mass is 9.95. The highest BCUT2D eigenvalue weighted by atomic mass is 19.1. The van der Waals surface area contributed by atoms with Crippen LogP contribution in [0.15, 0.2) is 54.1 Å². The molecule has 0 spiro atoms. The van der Waals surface area contributed by atoms with Gasteiger partial charge in [0.15, 0.2) is 0 Å². The van der Waals surface area contributed by atoms with E-state index in [0.29, 0.717) is 11.3 Å². The maximum Gasteiger partial charge on any atom is 0.303 e. The molecule has 2 aromatic rings. The minimum atomic E-state index is -1.01. The first-order valence-corrected chi connectivity index (χ1v) is 9.23. The van der Waals surface area contributed by atoms with Crippen molar-refractivity contribution < 1.29 is 33.7 Å². The molecule has 2 aromatic carbocycles. The number of rotatable bonds is 7. The maximum atomic E-state index is 13.3. The van der Waals surface area contributed by atoms with E-state index in [2.05, 4.69) is 0 Å². The molecule has 0 aromatic heterocycles. The zero-order valence-electron chi connectivity index (χ0n) is 16.2. The van der Waals surface area contributed by atoms with Crippen molar-refractivity contribution in [3.63, 3.8) is 0 Å². The Labute approximate surface area is 172 Å². The monoisotopic (exact) mass is 413 g/mol. The number of methoxy groups -OCH3 is 1.